The summed E-state index contributed by atoms with van der Waals surface area (Å²) in [7, 11) is 1.47. The SMILES string of the molecule is COc1ccc2c(c1)[C@](O)(C/C(O)=C/C(C)=O)C(=O)N2. The molecule has 1 heterocycles. The zero-order valence-corrected chi connectivity index (χ0v) is 11.1. The van der Waals surface area contributed by atoms with Gasteiger partial charge in [0.15, 0.2) is 11.4 Å². The first-order valence-corrected chi connectivity index (χ1v) is 5.99. The van der Waals surface area contributed by atoms with Crippen molar-refractivity contribution in [1.29, 1.82) is 0 Å². The van der Waals surface area contributed by atoms with Gasteiger partial charge in [0.2, 0.25) is 0 Å². The molecule has 106 valence electrons. The van der Waals surface area contributed by atoms with Gasteiger partial charge in [0.25, 0.3) is 5.91 Å². The molecule has 3 N–H and O–H groups in total. The summed E-state index contributed by atoms with van der Waals surface area (Å²) in [6.07, 6.45) is 0.599. The van der Waals surface area contributed by atoms with Gasteiger partial charge < -0.3 is 20.3 Å². The zero-order valence-electron chi connectivity index (χ0n) is 11.1. The molecule has 2 rings (SSSR count). The minimum absolute atomic E-state index is 0.311. The van der Waals surface area contributed by atoms with Crippen molar-refractivity contribution < 1.29 is 24.5 Å². The van der Waals surface area contributed by atoms with E-state index in [-0.39, 0.29) is 18.0 Å². The Kier molecular flexibility index (Phi) is 3.50. The molecule has 1 aromatic carbocycles. The molecule has 0 bridgehead atoms. The average Bonchev–Trinajstić information content (AvgIpc) is 2.60. The second-order valence-electron chi connectivity index (χ2n) is 4.65. The summed E-state index contributed by atoms with van der Waals surface area (Å²) in [6.45, 7) is 1.27. The van der Waals surface area contributed by atoms with E-state index >= 15 is 0 Å². The Labute approximate surface area is 115 Å². The van der Waals surface area contributed by atoms with Crippen molar-refractivity contribution in [3.05, 3.63) is 35.6 Å². The Hall–Kier alpha value is -2.34. The number of allylic oxidation sites excluding steroid dienone is 1. The molecule has 0 saturated carbocycles. The Morgan fingerprint density at radius 3 is 2.80 bits per heavy atom. The van der Waals surface area contributed by atoms with E-state index in [1.54, 1.807) is 12.1 Å². The summed E-state index contributed by atoms with van der Waals surface area (Å²) >= 11 is 0. The van der Waals surface area contributed by atoms with Gasteiger partial charge in [-0.15, -0.1) is 0 Å². The van der Waals surface area contributed by atoms with Crippen molar-refractivity contribution in [2.45, 2.75) is 18.9 Å². The third kappa shape index (κ3) is 2.37. The van der Waals surface area contributed by atoms with Gasteiger partial charge in [0.1, 0.15) is 5.75 Å². The number of amides is 1. The maximum Gasteiger partial charge on any atom is 0.261 e. The highest BCUT2D eigenvalue weighted by molar-refractivity contribution is 6.05. The van der Waals surface area contributed by atoms with Crippen molar-refractivity contribution in [1.82, 2.24) is 0 Å². The highest BCUT2D eigenvalue weighted by atomic mass is 16.5. The molecule has 0 aromatic heterocycles. The lowest BCUT2D eigenvalue weighted by Gasteiger charge is -2.20. The van der Waals surface area contributed by atoms with Crippen LogP contribution < -0.4 is 10.1 Å². The minimum atomic E-state index is -1.92. The fourth-order valence-electron chi connectivity index (χ4n) is 2.17. The van der Waals surface area contributed by atoms with Crippen LogP contribution in [-0.2, 0) is 15.2 Å². The number of methoxy groups -OCH3 is 1. The van der Waals surface area contributed by atoms with Crippen molar-refractivity contribution >= 4 is 17.4 Å². The van der Waals surface area contributed by atoms with Crippen LogP contribution in [0.5, 0.6) is 5.75 Å². The lowest BCUT2D eigenvalue weighted by molar-refractivity contribution is -0.134. The number of hydrogen-bond acceptors (Lipinski definition) is 5. The van der Waals surface area contributed by atoms with Crippen molar-refractivity contribution in [3.8, 4) is 5.75 Å². The molecule has 0 aliphatic carbocycles. The van der Waals surface area contributed by atoms with E-state index in [0.29, 0.717) is 17.0 Å². The predicted molar refractivity (Wildman–Crippen MR) is 71.5 cm³/mol. The van der Waals surface area contributed by atoms with E-state index in [9.17, 15) is 19.8 Å². The number of aliphatic hydroxyl groups is 2. The topological polar surface area (TPSA) is 95.9 Å². The number of aliphatic hydroxyl groups excluding tert-OH is 1. The molecule has 0 unspecified atom stereocenters. The molecule has 0 saturated heterocycles. The molecule has 1 aromatic rings. The molecule has 1 aliphatic heterocycles. The number of carbonyl (C=O) groups excluding carboxylic acids is 2. The van der Waals surface area contributed by atoms with Crippen LogP contribution in [0.1, 0.15) is 18.9 Å². The van der Waals surface area contributed by atoms with Gasteiger partial charge in [-0.3, -0.25) is 9.59 Å². The number of hydrogen-bond donors (Lipinski definition) is 3. The fourth-order valence-corrected chi connectivity index (χ4v) is 2.17. The highest BCUT2D eigenvalue weighted by Gasteiger charge is 2.46. The van der Waals surface area contributed by atoms with Gasteiger partial charge in [0, 0.05) is 23.7 Å². The molecule has 0 fully saturated rings. The number of fused-ring (bicyclic) bond motifs is 1. The van der Waals surface area contributed by atoms with E-state index in [4.69, 9.17) is 4.74 Å². The smallest absolute Gasteiger partial charge is 0.261 e. The Morgan fingerprint density at radius 2 is 2.20 bits per heavy atom. The first-order chi connectivity index (χ1) is 9.36. The number of nitrogens with one attached hydrogen (secondary N) is 1. The number of benzene rings is 1. The van der Waals surface area contributed by atoms with Crippen molar-refractivity contribution in [2.24, 2.45) is 0 Å². The molecule has 1 amide bonds. The maximum absolute atomic E-state index is 11.9. The molecule has 20 heavy (non-hydrogen) atoms. The molecule has 6 heteroatoms. The van der Waals surface area contributed by atoms with Gasteiger partial charge in [-0.05, 0) is 25.1 Å². The second-order valence-corrected chi connectivity index (χ2v) is 4.65. The molecule has 0 radical (unpaired) electrons. The molecular weight excluding hydrogens is 262 g/mol. The van der Waals surface area contributed by atoms with Crippen LogP contribution in [0.4, 0.5) is 5.69 Å². The van der Waals surface area contributed by atoms with E-state index < -0.39 is 11.5 Å². The molecule has 1 atom stereocenters. The summed E-state index contributed by atoms with van der Waals surface area (Å²) in [5.74, 6) is -0.890. The number of ether oxygens (including phenoxy) is 1. The van der Waals surface area contributed by atoms with Gasteiger partial charge in [-0.1, -0.05) is 0 Å². The van der Waals surface area contributed by atoms with Gasteiger partial charge >= 0.3 is 0 Å². The number of anilines is 1. The van der Waals surface area contributed by atoms with Crippen LogP contribution in [0.3, 0.4) is 0 Å². The van der Waals surface area contributed by atoms with Gasteiger partial charge in [-0.25, -0.2) is 0 Å². The van der Waals surface area contributed by atoms with E-state index in [1.165, 1.54) is 20.1 Å². The van der Waals surface area contributed by atoms with E-state index in [0.717, 1.165) is 6.08 Å². The molecule has 6 nitrogen and oxygen atoms in total. The first-order valence-electron chi connectivity index (χ1n) is 5.99. The third-order valence-corrected chi connectivity index (χ3v) is 3.10. The minimum Gasteiger partial charge on any atom is -0.512 e. The molecular formula is C14H15NO5. The number of ketones is 1. The van der Waals surface area contributed by atoms with Crippen molar-refractivity contribution in [2.75, 3.05) is 12.4 Å². The monoisotopic (exact) mass is 277 g/mol. The van der Waals surface area contributed by atoms with Crippen LogP contribution in [0.15, 0.2) is 30.0 Å². The second kappa shape index (κ2) is 4.97. The summed E-state index contributed by atoms with van der Waals surface area (Å²) in [6, 6.07) is 4.78. The zero-order chi connectivity index (χ0) is 14.9. The predicted octanol–water partition coefficient (Wildman–Crippen LogP) is 1.26. The van der Waals surface area contributed by atoms with E-state index in [1.807, 2.05) is 0 Å². The highest BCUT2D eigenvalue weighted by Crippen LogP contribution is 2.41. The largest absolute Gasteiger partial charge is 0.512 e. The number of carbonyl (C=O) groups is 2. The number of rotatable bonds is 4. The Morgan fingerprint density at radius 1 is 1.50 bits per heavy atom. The Balaban J connectivity index is 2.42. The normalized spacial score (nSPS) is 21.4. The standard InChI is InChI=1S/C14H15NO5/c1-8(16)5-9(17)7-14(19)11-6-10(20-2)3-4-12(11)15-13(14)18/h3-6,17,19H,7H2,1-2H3,(H,15,18)/b9-5-/t14-/m1/s1. The summed E-state index contributed by atoms with van der Waals surface area (Å²) in [4.78, 5) is 22.9. The van der Waals surface area contributed by atoms with E-state index in [2.05, 4.69) is 5.32 Å². The summed E-state index contributed by atoms with van der Waals surface area (Å²) in [5, 5.41) is 22.7. The molecule has 0 spiro atoms. The maximum atomic E-state index is 11.9. The quantitative estimate of drug-likeness (QED) is 0.568. The first kappa shape index (κ1) is 14.1. The van der Waals surface area contributed by atoms with Gasteiger partial charge in [0.05, 0.1) is 12.9 Å². The van der Waals surface area contributed by atoms with Crippen LogP contribution >= 0.6 is 0 Å². The van der Waals surface area contributed by atoms with Gasteiger partial charge in [-0.2, -0.15) is 0 Å². The summed E-state index contributed by atoms with van der Waals surface area (Å²) in [5.41, 5.74) is -1.15. The fraction of sp³-hybridized carbons (Fsp3) is 0.286. The molecule has 1 aliphatic rings. The summed E-state index contributed by atoms with van der Waals surface area (Å²) < 4.78 is 5.06. The van der Waals surface area contributed by atoms with Crippen LogP contribution in [0.2, 0.25) is 0 Å². The van der Waals surface area contributed by atoms with Crippen LogP contribution in [0, 0.1) is 0 Å². The van der Waals surface area contributed by atoms with Crippen LogP contribution in [0.25, 0.3) is 0 Å². The Bertz CT molecular complexity index is 608. The lowest BCUT2D eigenvalue weighted by atomic mass is 9.90. The lowest BCUT2D eigenvalue weighted by Crippen LogP contribution is -2.34. The third-order valence-electron chi connectivity index (χ3n) is 3.10. The van der Waals surface area contributed by atoms with Crippen LogP contribution in [-0.4, -0.2) is 29.0 Å². The van der Waals surface area contributed by atoms with Crippen molar-refractivity contribution in [3.63, 3.8) is 0 Å². The average molecular weight is 277 g/mol.